The molecule has 1 aromatic heterocycles. The second-order valence-corrected chi connectivity index (χ2v) is 6.99. The molecule has 0 aliphatic heterocycles. The van der Waals surface area contributed by atoms with Gasteiger partial charge in [0, 0.05) is 10.7 Å². The number of halogens is 1. The fraction of sp³-hybridized carbons (Fsp3) is 0.158. The maximum atomic E-state index is 12.2. The second kappa shape index (κ2) is 9.44. The zero-order valence-electron chi connectivity index (χ0n) is 15.5. The molecule has 8 nitrogen and oxygen atoms in total. The predicted molar refractivity (Wildman–Crippen MR) is 108 cm³/mol. The maximum absolute atomic E-state index is 12.2. The smallest absolute Gasteiger partial charge is 0.337 e. The van der Waals surface area contributed by atoms with Crippen molar-refractivity contribution in [2.45, 2.75) is 5.22 Å². The zero-order chi connectivity index (χ0) is 20.8. The summed E-state index contributed by atoms with van der Waals surface area (Å²) in [7, 11) is 2.82. The summed E-state index contributed by atoms with van der Waals surface area (Å²) in [4.78, 5) is 23.7. The Morgan fingerprint density at radius 2 is 2.00 bits per heavy atom. The van der Waals surface area contributed by atoms with Crippen molar-refractivity contribution in [3.05, 3.63) is 53.1 Å². The van der Waals surface area contributed by atoms with Crippen molar-refractivity contribution in [3.8, 4) is 17.2 Å². The number of rotatable bonds is 7. The van der Waals surface area contributed by atoms with E-state index in [0.29, 0.717) is 27.6 Å². The van der Waals surface area contributed by atoms with Crippen LogP contribution >= 0.6 is 23.4 Å². The van der Waals surface area contributed by atoms with Crippen molar-refractivity contribution in [3.63, 3.8) is 0 Å². The van der Waals surface area contributed by atoms with Gasteiger partial charge in [-0.2, -0.15) is 0 Å². The number of benzene rings is 2. The molecule has 1 N–H and O–H groups in total. The fourth-order valence-corrected chi connectivity index (χ4v) is 3.13. The first-order valence-electron chi connectivity index (χ1n) is 8.28. The van der Waals surface area contributed by atoms with Crippen LogP contribution in [0.15, 0.2) is 52.1 Å². The molecule has 0 saturated heterocycles. The molecule has 0 aliphatic rings. The molecule has 0 fully saturated rings. The summed E-state index contributed by atoms with van der Waals surface area (Å²) >= 11 is 7.10. The van der Waals surface area contributed by atoms with E-state index in [4.69, 9.17) is 20.8 Å². The van der Waals surface area contributed by atoms with Crippen molar-refractivity contribution >= 4 is 40.9 Å². The molecule has 3 aromatic rings. The van der Waals surface area contributed by atoms with Gasteiger partial charge in [0.25, 0.3) is 11.1 Å². The first kappa shape index (κ1) is 20.7. The number of hydrogen-bond acceptors (Lipinski definition) is 8. The van der Waals surface area contributed by atoms with Crippen LogP contribution in [0.3, 0.4) is 0 Å². The molecule has 1 heterocycles. The van der Waals surface area contributed by atoms with Crippen LogP contribution in [0.1, 0.15) is 10.4 Å². The van der Waals surface area contributed by atoms with E-state index in [9.17, 15) is 9.59 Å². The lowest BCUT2D eigenvalue weighted by Crippen LogP contribution is -2.14. The van der Waals surface area contributed by atoms with E-state index in [1.54, 1.807) is 36.4 Å². The Bertz CT molecular complexity index is 1040. The Morgan fingerprint density at radius 3 is 2.76 bits per heavy atom. The van der Waals surface area contributed by atoms with Gasteiger partial charge in [-0.3, -0.25) is 4.79 Å². The minimum atomic E-state index is -0.481. The van der Waals surface area contributed by atoms with E-state index in [2.05, 4.69) is 20.3 Å². The largest absolute Gasteiger partial charge is 0.496 e. The van der Waals surface area contributed by atoms with Crippen LogP contribution in [0.4, 0.5) is 5.69 Å². The van der Waals surface area contributed by atoms with Gasteiger partial charge in [-0.15, -0.1) is 10.2 Å². The van der Waals surface area contributed by atoms with Crippen molar-refractivity contribution < 1.29 is 23.5 Å². The third-order valence-electron chi connectivity index (χ3n) is 3.69. The molecule has 0 aliphatic carbocycles. The number of hydrogen-bond donors (Lipinski definition) is 1. The molecule has 0 spiro atoms. The number of anilines is 1. The Balaban J connectivity index is 1.62. The third kappa shape index (κ3) is 5.27. The molecule has 29 heavy (non-hydrogen) atoms. The van der Waals surface area contributed by atoms with Gasteiger partial charge in [-0.1, -0.05) is 29.4 Å². The van der Waals surface area contributed by atoms with Crippen LogP contribution in [-0.4, -0.2) is 42.0 Å². The molecular weight excluding hydrogens is 418 g/mol. The quantitative estimate of drug-likeness (QED) is 0.441. The summed E-state index contributed by atoms with van der Waals surface area (Å²) in [5.74, 6) is 0.0369. The van der Waals surface area contributed by atoms with Crippen LogP contribution in [0.25, 0.3) is 11.5 Å². The lowest BCUT2D eigenvalue weighted by atomic mass is 10.2. The zero-order valence-corrected chi connectivity index (χ0v) is 17.0. The number of carbonyl (C=O) groups excluding carboxylic acids is 2. The highest BCUT2D eigenvalue weighted by Crippen LogP contribution is 2.33. The molecule has 2 aromatic carbocycles. The summed E-state index contributed by atoms with van der Waals surface area (Å²) in [6, 6.07) is 11.5. The number of nitrogens with zero attached hydrogens (tertiary/aromatic N) is 2. The molecule has 10 heteroatoms. The highest BCUT2D eigenvalue weighted by molar-refractivity contribution is 7.99. The lowest BCUT2D eigenvalue weighted by Gasteiger charge is -2.06. The monoisotopic (exact) mass is 433 g/mol. The topological polar surface area (TPSA) is 104 Å². The summed E-state index contributed by atoms with van der Waals surface area (Å²) in [6.45, 7) is 0. The molecule has 0 atom stereocenters. The molecule has 150 valence electrons. The van der Waals surface area contributed by atoms with Gasteiger partial charge in [0.05, 0.1) is 31.1 Å². The number of amides is 1. The van der Waals surface area contributed by atoms with E-state index in [0.717, 1.165) is 11.8 Å². The average Bonchev–Trinajstić information content (AvgIpc) is 3.21. The maximum Gasteiger partial charge on any atom is 0.337 e. The van der Waals surface area contributed by atoms with Crippen LogP contribution in [0, 0.1) is 0 Å². The minimum absolute atomic E-state index is 0.0385. The van der Waals surface area contributed by atoms with Crippen LogP contribution in [-0.2, 0) is 9.53 Å². The molecule has 0 bridgehead atoms. The van der Waals surface area contributed by atoms with Crippen molar-refractivity contribution in [2.24, 2.45) is 0 Å². The van der Waals surface area contributed by atoms with Crippen LogP contribution in [0.5, 0.6) is 5.75 Å². The second-order valence-electron chi connectivity index (χ2n) is 5.63. The number of nitrogens with one attached hydrogen (secondary N) is 1. The number of esters is 1. The molecule has 1 amide bonds. The first-order chi connectivity index (χ1) is 14.0. The van der Waals surface area contributed by atoms with Crippen LogP contribution < -0.4 is 10.1 Å². The summed E-state index contributed by atoms with van der Waals surface area (Å²) < 4.78 is 15.5. The van der Waals surface area contributed by atoms with E-state index < -0.39 is 5.97 Å². The van der Waals surface area contributed by atoms with Crippen molar-refractivity contribution in [1.29, 1.82) is 0 Å². The molecular formula is C19H16ClN3O5S. The lowest BCUT2D eigenvalue weighted by molar-refractivity contribution is -0.113. The van der Waals surface area contributed by atoms with E-state index >= 15 is 0 Å². The Hall–Kier alpha value is -3.04. The summed E-state index contributed by atoms with van der Waals surface area (Å²) in [6.07, 6.45) is 0. The van der Waals surface area contributed by atoms with E-state index in [1.807, 2.05) is 0 Å². The Labute approximate surface area is 175 Å². The summed E-state index contributed by atoms with van der Waals surface area (Å²) in [5.41, 5.74) is 1.38. The molecule has 3 rings (SSSR count). The first-order valence-corrected chi connectivity index (χ1v) is 9.65. The number of methoxy groups -OCH3 is 2. The predicted octanol–water partition coefficient (Wildman–Crippen LogP) is 3.92. The van der Waals surface area contributed by atoms with Gasteiger partial charge in [0.1, 0.15) is 5.75 Å². The number of carbonyl (C=O) groups is 2. The van der Waals surface area contributed by atoms with Crippen molar-refractivity contribution in [2.75, 3.05) is 25.3 Å². The van der Waals surface area contributed by atoms with E-state index in [1.165, 1.54) is 20.3 Å². The highest BCUT2D eigenvalue weighted by atomic mass is 35.5. The standard InChI is InChI=1S/C19H16ClN3O5S/c1-26-15-7-6-12(20)9-14(15)17-22-23-19(28-17)29-10-16(24)21-13-5-3-4-11(8-13)18(25)27-2/h3-9H,10H2,1-2H3,(H,21,24). The van der Waals surface area contributed by atoms with Gasteiger partial charge in [0.15, 0.2) is 0 Å². The minimum Gasteiger partial charge on any atom is -0.496 e. The normalized spacial score (nSPS) is 10.4. The van der Waals surface area contributed by atoms with Gasteiger partial charge < -0.3 is 19.2 Å². The Kier molecular flexibility index (Phi) is 6.73. The fourth-order valence-electron chi connectivity index (χ4n) is 2.39. The highest BCUT2D eigenvalue weighted by Gasteiger charge is 2.16. The Morgan fingerprint density at radius 1 is 1.17 bits per heavy atom. The van der Waals surface area contributed by atoms with Crippen molar-refractivity contribution in [1.82, 2.24) is 10.2 Å². The molecule has 0 unspecified atom stereocenters. The van der Waals surface area contributed by atoms with Gasteiger partial charge in [-0.25, -0.2) is 4.79 Å². The summed E-state index contributed by atoms with van der Waals surface area (Å²) in [5, 5.41) is 11.3. The average molecular weight is 434 g/mol. The number of ether oxygens (including phenoxy) is 2. The van der Waals surface area contributed by atoms with Gasteiger partial charge in [-0.05, 0) is 36.4 Å². The van der Waals surface area contributed by atoms with Gasteiger partial charge >= 0.3 is 5.97 Å². The molecule has 0 radical (unpaired) electrons. The number of thioether (sulfide) groups is 1. The van der Waals surface area contributed by atoms with Crippen LogP contribution in [0.2, 0.25) is 5.02 Å². The van der Waals surface area contributed by atoms with Gasteiger partial charge in [0.2, 0.25) is 5.91 Å². The SMILES string of the molecule is COC(=O)c1cccc(NC(=O)CSc2nnc(-c3cc(Cl)ccc3OC)o2)c1. The molecule has 0 saturated carbocycles. The number of aromatic nitrogens is 2. The van der Waals surface area contributed by atoms with E-state index in [-0.39, 0.29) is 22.8 Å². The third-order valence-corrected chi connectivity index (χ3v) is 4.75.